The SMILES string of the molecule is CCOc1cc(/C=C(/C#N)C(=O)Nc2ccc(Br)cc2)ccc1OCc1cccc2ccccc12. The highest BCUT2D eigenvalue weighted by Gasteiger charge is 2.12. The van der Waals surface area contributed by atoms with Crippen molar-refractivity contribution >= 4 is 44.4 Å². The van der Waals surface area contributed by atoms with Crippen molar-refractivity contribution in [3.05, 3.63) is 106 Å². The van der Waals surface area contributed by atoms with E-state index in [1.54, 1.807) is 30.3 Å². The Morgan fingerprint density at radius 3 is 2.51 bits per heavy atom. The molecule has 35 heavy (non-hydrogen) atoms. The molecule has 0 saturated carbocycles. The lowest BCUT2D eigenvalue weighted by Gasteiger charge is -2.14. The number of ether oxygens (including phenoxy) is 2. The lowest BCUT2D eigenvalue weighted by molar-refractivity contribution is -0.112. The second-order valence-electron chi connectivity index (χ2n) is 7.70. The number of halogens is 1. The molecule has 1 N–H and O–H groups in total. The summed E-state index contributed by atoms with van der Waals surface area (Å²) in [5.74, 6) is 0.658. The molecule has 0 saturated heterocycles. The maximum Gasteiger partial charge on any atom is 0.266 e. The first-order valence-corrected chi connectivity index (χ1v) is 11.9. The molecule has 0 unspecified atom stereocenters. The van der Waals surface area contributed by atoms with Gasteiger partial charge in [0, 0.05) is 10.2 Å². The minimum absolute atomic E-state index is 0.0141. The number of nitrogens with zero attached hydrogens (tertiary/aromatic N) is 1. The van der Waals surface area contributed by atoms with Gasteiger partial charge in [0.2, 0.25) is 0 Å². The summed E-state index contributed by atoms with van der Waals surface area (Å²) in [6.45, 7) is 2.73. The molecule has 0 aromatic heterocycles. The third-order valence-electron chi connectivity index (χ3n) is 5.31. The molecule has 0 aliphatic rings. The fourth-order valence-corrected chi connectivity index (χ4v) is 3.89. The van der Waals surface area contributed by atoms with Gasteiger partial charge in [-0.05, 0) is 71.3 Å². The molecule has 0 aliphatic carbocycles. The van der Waals surface area contributed by atoms with Gasteiger partial charge >= 0.3 is 0 Å². The highest BCUT2D eigenvalue weighted by atomic mass is 79.9. The van der Waals surface area contributed by atoms with Crippen LogP contribution in [-0.4, -0.2) is 12.5 Å². The number of rotatable bonds is 8. The molecule has 0 heterocycles. The van der Waals surface area contributed by atoms with Gasteiger partial charge in [-0.2, -0.15) is 5.26 Å². The summed E-state index contributed by atoms with van der Waals surface area (Å²) in [5.41, 5.74) is 2.32. The van der Waals surface area contributed by atoms with E-state index in [1.807, 2.05) is 49.4 Å². The minimum atomic E-state index is -0.482. The van der Waals surface area contributed by atoms with Crippen molar-refractivity contribution in [2.45, 2.75) is 13.5 Å². The standard InChI is InChI=1S/C29H23BrN2O3/c1-2-34-28-17-20(16-23(18-31)29(33)32-25-13-11-24(30)12-14-25)10-15-27(28)35-19-22-8-5-7-21-6-3-4-9-26(21)22/h3-17H,2,19H2,1H3,(H,32,33)/b23-16-. The quantitative estimate of drug-likeness (QED) is 0.196. The number of fused-ring (bicyclic) bond motifs is 1. The Labute approximate surface area is 212 Å². The van der Waals surface area contributed by atoms with Crippen LogP contribution in [0.3, 0.4) is 0 Å². The summed E-state index contributed by atoms with van der Waals surface area (Å²) >= 11 is 3.36. The van der Waals surface area contributed by atoms with E-state index < -0.39 is 5.91 Å². The van der Waals surface area contributed by atoms with Crippen molar-refractivity contribution in [1.29, 1.82) is 5.26 Å². The van der Waals surface area contributed by atoms with E-state index in [9.17, 15) is 10.1 Å². The van der Waals surface area contributed by atoms with Crippen LogP contribution in [-0.2, 0) is 11.4 Å². The Hall–Kier alpha value is -4.08. The summed E-state index contributed by atoms with van der Waals surface area (Å²) in [6, 6.07) is 28.8. The first-order valence-electron chi connectivity index (χ1n) is 11.1. The van der Waals surface area contributed by atoms with Crippen LogP contribution in [0.25, 0.3) is 16.8 Å². The third-order valence-corrected chi connectivity index (χ3v) is 5.84. The minimum Gasteiger partial charge on any atom is -0.490 e. The fourth-order valence-electron chi connectivity index (χ4n) is 3.62. The van der Waals surface area contributed by atoms with Crippen molar-refractivity contribution < 1.29 is 14.3 Å². The van der Waals surface area contributed by atoms with Crippen LogP contribution >= 0.6 is 15.9 Å². The first-order chi connectivity index (χ1) is 17.1. The Morgan fingerprint density at radius 2 is 1.74 bits per heavy atom. The van der Waals surface area contributed by atoms with Crippen LogP contribution in [0, 0.1) is 11.3 Å². The van der Waals surface area contributed by atoms with Gasteiger partial charge in [-0.3, -0.25) is 4.79 Å². The molecule has 0 fully saturated rings. The number of nitriles is 1. The zero-order valence-electron chi connectivity index (χ0n) is 19.1. The summed E-state index contributed by atoms with van der Waals surface area (Å²) in [4.78, 5) is 12.6. The van der Waals surface area contributed by atoms with Gasteiger partial charge in [0.05, 0.1) is 6.61 Å². The van der Waals surface area contributed by atoms with Gasteiger partial charge in [-0.25, -0.2) is 0 Å². The van der Waals surface area contributed by atoms with Gasteiger partial charge in [-0.15, -0.1) is 0 Å². The zero-order chi connectivity index (χ0) is 24.6. The van der Waals surface area contributed by atoms with E-state index in [-0.39, 0.29) is 5.57 Å². The van der Waals surface area contributed by atoms with E-state index in [1.165, 1.54) is 6.08 Å². The number of amides is 1. The summed E-state index contributed by atoms with van der Waals surface area (Å²) in [7, 11) is 0. The second kappa shape index (κ2) is 11.4. The monoisotopic (exact) mass is 526 g/mol. The van der Waals surface area contributed by atoms with Gasteiger partial charge < -0.3 is 14.8 Å². The Morgan fingerprint density at radius 1 is 0.971 bits per heavy atom. The molecule has 0 aliphatic heterocycles. The van der Waals surface area contributed by atoms with Gasteiger partial charge in [0.25, 0.3) is 5.91 Å². The second-order valence-corrected chi connectivity index (χ2v) is 8.61. The van der Waals surface area contributed by atoms with Crippen LogP contribution in [0.1, 0.15) is 18.1 Å². The van der Waals surface area contributed by atoms with Crippen LogP contribution < -0.4 is 14.8 Å². The highest BCUT2D eigenvalue weighted by Crippen LogP contribution is 2.31. The summed E-state index contributed by atoms with van der Waals surface area (Å²) in [5, 5.41) is 14.6. The van der Waals surface area contributed by atoms with Crippen molar-refractivity contribution in [3.63, 3.8) is 0 Å². The number of hydrogen-bond donors (Lipinski definition) is 1. The number of anilines is 1. The van der Waals surface area contributed by atoms with Gasteiger partial charge in [-0.1, -0.05) is 64.5 Å². The van der Waals surface area contributed by atoms with E-state index in [0.29, 0.717) is 36.0 Å². The molecule has 0 radical (unpaired) electrons. The van der Waals surface area contributed by atoms with E-state index in [2.05, 4.69) is 39.4 Å². The smallest absolute Gasteiger partial charge is 0.266 e. The molecule has 5 nitrogen and oxygen atoms in total. The molecular weight excluding hydrogens is 504 g/mol. The fraction of sp³-hybridized carbons (Fsp3) is 0.103. The molecule has 0 atom stereocenters. The molecular formula is C29H23BrN2O3. The molecule has 1 amide bonds. The molecule has 6 heteroatoms. The average molecular weight is 527 g/mol. The maximum absolute atomic E-state index is 12.6. The Kier molecular flexibility index (Phi) is 7.81. The van der Waals surface area contributed by atoms with E-state index in [0.717, 1.165) is 20.8 Å². The molecule has 4 aromatic carbocycles. The Balaban J connectivity index is 1.53. The van der Waals surface area contributed by atoms with Crippen LogP contribution in [0.5, 0.6) is 11.5 Å². The summed E-state index contributed by atoms with van der Waals surface area (Å²) < 4.78 is 12.8. The molecule has 4 rings (SSSR count). The van der Waals surface area contributed by atoms with E-state index in [4.69, 9.17) is 9.47 Å². The predicted octanol–water partition coefficient (Wildman–Crippen LogP) is 7.13. The van der Waals surface area contributed by atoms with Crippen molar-refractivity contribution in [3.8, 4) is 17.6 Å². The Bertz CT molecular complexity index is 1420. The summed E-state index contributed by atoms with van der Waals surface area (Å²) in [6.07, 6.45) is 1.53. The number of carbonyl (C=O) groups excluding carboxylic acids is 1. The van der Waals surface area contributed by atoms with Gasteiger partial charge in [0.1, 0.15) is 18.2 Å². The molecule has 0 spiro atoms. The maximum atomic E-state index is 12.6. The highest BCUT2D eigenvalue weighted by molar-refractivity contribution is 9.10. The van der Waals surface area contributed by atoms with Crippen molar-refractivity contribution in [2.24, 2.45) is 0 Å². The van der Waals surface area contributed by atoms with Crippen LogP contribution in [0.2, 0.25) is 0 Å². The first kappa shape index (κ1) is 24.1. The van der Waals surface area contributed by atoms with Crippen molar-refractivity contribution in [2.75, 3.05) is 11.9 Å². The lowest BCUT2D eigenvalue weighted by atomic mass is 10.1. The normalized spacial score (nSPS) is 11.1. The number of hydrogen-bond acceptors (Lipinski definition) is 4. The largest absolute Gasteiger partial charge is 0.490 e. The predicted molar refractivity (Wildman–Crippen MR) is 142 cm³/mol. The van der Waals surface area contributed by atoms with Crippen molar-refractivity contribution in [1.82, 2.24) is 0 Å². The number of nitrogens with one attached hydrogen (secondary N) is 1. The van der Waals surface area contributed by atoms with Crippen LogP contribution in [0.15, 0.2) is 95.0 Å². The molecule has 0 bridgehead atoms. The topological polar surface area (TPSA) is 71.3 Å². The number of benzene rings is 4. The van der Waals surface area contributed by atoms with Gasteiger partial charge in [0.15, 0.2) is 11.5 Å². The number of carbonyl (C=O) groups is 1. The lowest BCUT2D eigenvalue weighted by Crippen LogP contribution is -2.13. The average Bonchev–Trinajstić information content (AvgIpc) is 2.88. The van der Waals surface area contributed by atoms with Crippen LogP contribution in [0.4, 0.5) is 5.69 Å². The van der Waals surface area contributed by atoms with E-state index >= 15 is 0 Å². The zero-order valence-corrected chi connectivity index (χ0v) is 20.7. The molecule has 4 aromatic rings. The third kappa shape index (κ3) is 6.08. The molecule has 174 valence electrons.